The average molecular weight is 450 g/mol. The minimum Gasteiger partial charge on any atom is -0.399 e. The third-order valence-electron chi connectivity index (χ3n) is 7.20. The van der Waals surface area contributed by atoms with Crippen molar-refractivity contribution in [2.24, 2.45) is 0 Å². The van der Waals surface area contributed by atoms with E-state index in [0.717, 1.165) is 39.5 Å². The van der Waals surface area contributed by atoms with Crippen molar-refractivity contribution >= 4 is 34.8 Å². The number of fused-ring (bicyclic) bond motifs is 1. The number of hydrogen-bond acceptors (Lipinski definition) is 4. The molecule has 5 rings (SSSR count). The second kappa shape index (κ2) is 8.57. The number of nitrogens with one attached hydrogen (secondary N) is 2. The summed E-state index contributed by atoms with van der Waals surface area (Å²) in [6, 6.07) is 20.7. The van der Waals surface area contributed by atoms with Crippen LogP contribution in [0.5, 0.6) is 0 Å². The van der Waals surface area contributed by atoms with Gasteiger partial charge in [-0.05, 0) is 62.0 Å². The number of hydrogen-bond donors (Lipinski definition) is 2. The molecule has 1 heterocycles. The molecule has 2 N–H and O–H groups in total. The van der Waals surface area contributed by atoms with Crippen LogP contribution in [0.3, 0.4) is 0 Å². The molecule has 3 aromatic rings. The summed E-state index contributed by atoms with van der Waals surface area (Å²) >= 11 is 0. The lowest BCUT2D eigenvalue weighted by molar-refractivity contribution is 0.00578. The number of allylic oxidation sites excluding steroid dienone is 2. The number of benzene rings is 3. The fourth-order valence-electron chi connectivity index (χ4n) is 4.51. The molecule has 172 valence electrons. The van der Waals surface area contributed by atoms with Gasteiger partial charge in [0.05, 0.1) is 16.9 Å². The van der Waals surface area contributed by atoms with Crippen LogP contribution in [0.15, 0.2) is 85.0 Å². The Morgan fingerprint density at radius 2 is 1.71 bits per heavy atom. The largest absolute Gasteiger partial charge is 0.494 e. The van der Waals surface area contributed by atoms with Crippen LogP contribution >= 0.6 is 0 Å². The van der Waals surface area contributed by atoms with Crippen molar-refractivity contribution in [1.29, 1.82) is 5.41 Å². The van der Waals surface area contributed by atoms with E-state index in [4.69, 9.17) is 9.31 Å². The van der Waals surface area contributed by atoms with Gasteiger partial charge in [0.25, 0.3) is 0 Å². The quantitative estimate of drug-likeness (QED) is 0.379. The second-order valence-corrected chi connectivity index (χ2v) is 10.1. The Morgan fingerprint density at radius 1 is 0.941 bits per heavy atom. The van der Waals surface area contributed by atoms with Crippen LogP contribution in [0.2, 0.25) is 0 Å². The van der Waals surface area contributed by atoms with Gasteiger partial charge in [0.2, 0.25) is 0 Å². The van der Waals surface area contributed by atoms with Crippen molar-refractivity contribution in [3.63, 3.8) is 0 Å². The fourth-order valence-corrected chi connectivity index (χ4v) is 4.51. The predicted molar refractivity (Wildman–Crippen MR) is 142 cm³/mol. The Hall–Kier alpha value is -3.15. The van der Waals surface area contributed by atoms with Gasteiger partial charge in [0.1, 0.15) is 0 Å². The minimum absolute atomic E-state index is 0.203. The molecule has 34 heavy (non-hydrogen) atoms. The number of rotatable bonds is 5. The van der Waals surface area contributed by atoms with Crippen LogP contribution in [0.25, 0.3) is 10.8 Å². The van der Waals surface area contributed by atoms with E-state index in [2.05, 4.69) is 81.6 Å². The maximum Gasteiger partial charge on any atom is 0.494 e. The summed E-state index contributed by atoms with van der Waals surface area (Å²) in [5.41, 5.74) is 3.31. The molecule has 0 aromatic heterocycles. The summed E-state index contributed by atoms with van der Waals surface area (Å²) in [7, 11) is -0.456. The topological polar surface area (TPSA) is 54.3 Å². The first-order valence-corrected chi connectivity index (χ1v) is 11.9. The van der Waals surface area contributed by atoms with E-state index in [1.807, 2.05) is 36.4 Å². The maximum atomic E-state index is 9.28. The average Bonchev–Trinajstić information content (AvgIpc) is 3.06. The molecule has 4 nitrogen and oxygen atoms in total. The summed E-state index contributed by atoms with van der Waals surface area (Å²) in [4.78, 5) is 0. The normalized spacial score (nSPS) is 20.6. The van der Waals surface area contributed by atoms with E-state index in [0.29, 0.717) is 5.71 Å². The van der Waals surface area contributed by atoms with Crippen LogP contribution in [-0.2, 0) is 9.31 Å². The van der Waals surface area contributed by atoms with E-state index in [-0.39, 0.29) is 6.04 Å². The van der Waals surface area contributed by atoms with E-state index in [1.165, 1.54) is 0 Å². The molecular weight excluding hydrogens is 419 g/mol. The SMILES string of the molecule is CC1(C)OB(c2cccc(C(=N)c3c(NC4C=CC=CC4)ccc4ccccc34)c2)OC1(C)C. The molecule has 5 heteroatoms. The van der Waals surface area contributed by atoms with Crippen LogP contribution < -0.4 is 10.8 Å². The molecule has 2 aliphatic rings. The molecule has 1 fully saturated rings. The molecule has 1 aliphatic heterocycles. The highest BCUT2D eigenvalue weighted by molar-refractivity contribution is 6.62. The smallest absolute Gasteiger partial charge is 0.399 e. The summed E-state index contributed by atoms with van der Waals surface area (Å²) < 4.78 is 12.5. The molecule has 1 atom stereocenters. The summed E-state index contributed by atoms with van der Waals surface area (Å²) in [6.07, 6.45) is 9.40. The molecule has 0 spiro atoms. The number of anilines is 1. The highest BCUT2D eigenvalue weighted by atomic mass is 16.7. The van der Waals surface area contributed by atoms with Crippen molar-refractivity contribution in [3.05, 3.63) is 96.1 Å². The molecule has 3 aromatic carbocycles. The lowest BCUT2D eigenvalue weighted by atomic mass is 9.77. The zero-order valence-electron chi connectivity index (χ0n) is 20.3. The molecule has 1 unspecified atom stereocenters. The van der Waals surface area contributed by atoms with Crippen LogP contribution in [0.1, 0.15) is 45.2 Å². The zero-order chi connectivity index (χ0) is 23.9. The van der Waals surface area contributed by atoms with Gasteiger partial charge < -0.3 is 14.6 Å². The molecule has 0 radical (unpaired) electrons. The van der Waals surface area contributed by atoms with Gasteiger partial charge in [0.15, 0.2) is 0 Å². The van der Waals surface area contributed by atoms with Gasteiger partial charge >= 0.3 is 7.12 Å². The standard InChI is InChI=1S/C29H31BN2O2/c1-28(2)29(3,4)34-30(33-28)22-13-10-12-21(19-22)27(31)26-24-16-9-8-11-20(24)17-18-25(26)32-23-14-6-5-7-15-23/h5-14,16-19,23,31-32H,15H2,1-4H3. The van der Waals surface area contributed by atoms with Crippen LogP contribution in [0.4, 0.5) is 5.69 Å². The molecule has 1 aliphatic carbocycles. The van der Waals surface area contributed by atoms with Gasteiger partial charge in [-0.25, -0.2) is 0 Å². The first kappa shape index (κ1) is 22.6. The van der Waals surface area contributed by atoms with Crippen molar-refractivity contribution in [1.82, 2.24) is 0 Å². The Morgan fingerprint density at radius 3 is 2.44 bits per heavy atom. The van der Waals surface area contributed by atoms with Crippen LogP contribution in [-0.4, -0.2) is 30.1 Å². The van der Waals surface area contributed by atoms with E-state index < -0.39 is 18.3 Å². The zero-order valence-corrected chi connectivity index (χ0v) is 20.3. The molecule has 0 saturated carbocycles. The summed E-state index contributed by atoms with van der Waals surface area (Å²) in [5, 5.41) is 15.1. The first-order chi connectivity index (χ1) is 16.2. The lowest BCUT2D eigenvalue weighted by Gasteiger charge is -2.32. The molecule has 0 bridgehead atoms. The van der Waals surface area contributed by atoms with Crippen molar-refractivity contribution in [3.8, 4) is 0 Å². The minimum atomic E-state index is -0.456. The van der Waals surface area contributed by atoms with Gasteiger partial charge in [-0.3, -0.25) is 5.41 Å². The molecule has 1 saturated heterocycles. The first-order valence-electron chi connectivity index (χ1n) is 11.9. The fraction of sp³-hybridized carbons (Fsp3) is 0.276. The van der Waals surface area contributed by atoms with Gasteiger partial charge in [0, 0.05) is 17.3 Å². The Balaban J connectivity index is 1.53. The van der Waals surface area contributed by atoms with Crippen molar-refractivity contribution in [2.75, 3.05) is 5.32 Å². The molecular formula is C29H31BN2O2. The Bertz CT molecular complexity index is 1290. The highest BCUT2D eigenvalue weighted by Crippen LogP contribution is 2.36. The Kier molecular flexibility index (Phi) is 5.71. The predicted octanol–water partition coefficient (Wildman–Crippen LogP) is 5.85. The third-order valence-corrected chi connectivity index (χ3v) is 7.20. The lowest BCUT2D eigenvalue weighted by Crippen LogP contribution is -2.41. The van der Waals surface area contributed by atoms with Crippen LogP contribution in [0, 0.1) is 5.41 Å². The van der Waals surface area contributed by atoms with Crippen molar-refractivity contribution in [2.45, 2.75) is 51.4 Å². The summed E-state index contributed by atoms with van der Waals surface area (Å²) in [6.45, 7) is 8.23. The Labute approximate surface area is 202 Å². The van der Waals surface area contributed by atoms with Crippen molar-refractivity contribution < 1.29 is 9.31 Å². The maximum absolute atomic E-state index is 9.28. The monoisotopic (exact) mass is 450 g/mol. The van der Waals surface area contributed by atoms with Gasteiger partial charge in [-0.15, -0.1) is 0 Å². The molecule has 0 amide bonds. The van der Waals surface area contributed by atoms with E-state index >= 15 is 0 Å². The summed E-state index contributed by atoms with van der Waals surface area (Å²) in [5.74, 6) is 0. The highest BCUT2D eigenvalue weighted by Gasteiger charge is 2.51. The second-order valence-electron chi connectivity index (χ2n) is 10.1. The van der Waals surface area contributed by atoms with Gasteiger partial charge in [-0.1, -0.05) is 78.9 Å². The van der Waals surface area contributed by atoms with E-state index in [1.54, 1.807) is 0 Å². The van der Waals surface area contributed by atoms with E-state index in [9.17, 15) is 5.41 Å². The van der Waals surface area contributed by atoms with Gasteiger partial charge in [-0.2, -0.15) is 0 Å². The third kappa shape index (κ3) is 4.10.